The molecular formula is C12H15N5O. The minimum atomic E-state index is -0.209. The van der Waals surface area contributed by atoms with Crippen LogP contribution in [-0.4, -0.2) is 32.6 Å². The van der Waals surface area contributed by atoms with Crippen LogP contribution >= 0.6 is 0 Å². The molecule has 0 aliphatic heterocycles. The van der Waals surface area contributed by atoms with Crippen molar-refractivity contribution in [2.45, 2.75) is 6.54 Å². The number of hydrogen-bond donors (Lipinski definition) is 1. The molecule has 18 heavy (non-hydrogen) atoms. The lowest BCUT2D eigenvalue weighted by Gasteiger charge is -2.15. The van der Waals surface area contributed by atoms with E-state index >= 15 is 0 Å². The zero-order chi connectivity index (χ0) is 13.1. The van der Waals surface area contributed by atoms with Crippen LogP contribution in [0.1, 0.15) is 16.2 Å². The van der Waals surface area contributed by atoms with Crippen molar-refractivity contribution < 1.29 is 4.79 Å². The van der Waals surface area contributed by atoms with Crippen molar-refractivity contribution in [1.29, 1.82) is 0 Å². The van der Waals surface area contributed by atoms with Crippen molar-refractivity contribution in [2.24, 2.45) is 7.05 Å². The average Bonchev–Trinajstić information content (AvgIpc) is 2.68. The van der Waals surface area contributed by atoms with Crippen LogP contribution in [0.3, 0.4) is 0 Å². The SMILES string of the molecule is CN(Cc1ccccn1)C(=O)c1nn(C)cc1N. The number of hydrogen-bond acceptors (Lipinski definition) is 4. The first-order valence-corrected chi connectivity index (χ1v) is 5.52. The van der Waals surface area contributed by atoms with E-state index in [9.17, 15) is 4.79 Å². The Kier molecular flexibility index (Phi) is 3.27. The quantitative estimate of drug-likeness (QED) is 0.862. The maximum Gasteiger partial charge on any atom is 0.276 e. The molecule has 94 valence electrons. The van der Waals surface area contributed by atoms with Gasteiger partial charge in [0.25, 0.3) is 5.91 Å². The summed E-state index contributed by atoms with van der Waals surface area (Å²) in [4.78, 5) is 17.8. The van der Waals surface area contributed by atoms with E-state index < -0.39 is 0 Å². The van der Waals surface area contributed by atoms with Crippen LogP contribution in [0.25, 0.3) is 0 Å². The third-order valence-electron chi connectivity index (χ3n) is 2.53. The monoisotopic (exact) mass is 245 g/mol. The predicted molar refractivity (Wildman–Crippen MR) is 67.7 cm³/mol. The minimum Gasteiger partial charge on any atom is -0.396 e. The van der Waals surface area contributed by atoms with Gasteiger partial charge < -0.3 is 10.6 Å². The largest absolute Gasteiger partial charge is 0.396 e. The molecule has 0 saturated carbocycles. The topological polar surface area (TPSA) is 77.0 Å². The van der Waals surface area contributed by atoms with Gasteiger partial charge in [-0.1, -0.05) is 6.07 Å². The molecule has 0 atom stereocenters. The molecule has 0 fully saturated rings. The zero-order valence-corrected chi connectivity index (χ0v) is 10.4. The second-order valence-corrected chi connectivity index (χ2v) is 4.09. The first-order chi connectivity index (χ1) is 8.58. The molecule has 2 aromatic heterocycles. The molecule has 2 rings (SSSR count). The second-order valence-electron chi connectivity index (χ2n) is 4.09. The van der Waals surface area contributed by atoms with E-state index in [-0.39, 0.29) is 11.6 Å². The summed E-state index contributed by atoms with van der Waals surface area (Å²) in [6, 6.07) is 5.59. The van der Waals surface area contributed by atoms with Crippen molar-refractivity contribution >= 4 is 11.6 Å². The Morgan fingerprint density at radius 1 is 1.50 bits per heavy atom. The van der Waals surface area contributed by atoms with E-state index in [1.165, 1.54) is 4.68 Å². The molecule has 0 unspecified atom stereocenters. The van der Waals surface area contributed by atoms with Crippen LogP contribution in [0.15, 0.2) is 30.6 Å². The fraction of sp³-hybridized carbons (Fsp3) is 0.250. The van der Waals surface area contributed by atoms with Crippen molar-refractivity contribution in [3.8, 4) is 0 Å². The Morgan fingerprint density at radius 3 is 2.83 bits per heavy atom. The van der Waals surface area contributed by atoms with Gasteiger partial charge in [-0.25, -0.2) is 0 Å². The number of nitrogens with two attached hydrogens (primary N) is 1. The molecule has 0 spiro atoms. The molecule has 6 nitrogen and oxygen atoms in total. The van der Waals surface area contributed by atoms with E-state index in [1.54, 1.807) is 31.4 Å². The van der Waals surface area contributed by atoms with Crippen molar-refractivity contribution in [1.82, 2.24) is 19.7 Å². The molecule has 0 aliphatic carbocycles. The molecule has 0 saturated heterocycles. The van der Waals surface area contributed by atoms with Gasteiger partial charge in [0, 0.05) is 26.5 Å². The van der Waals surface area contributed by atoms with E-state index in [2.05, 4.69) is 10.1 Å². The Morgan fingerprint density at radius 2 is 2.28 bits per heavy atom. The maximum absolute atomic E-state index is 12.1. The molecule has 0 bridgehead atoms. The van der Waals surface area contributed by atoms with E-state index in [1.807, 2.05) is 18.2 Å². The molecule has 0 aliphatic rings. The minimum absolute atomic E-state index is 0.209. The number of nitrogen functional groups attached to an aromatic ring is 1. The molecule has 6 heteroatoms. The number of nitrogens with zero attached hydrogens (tertiary/aromatic N) is 4. The molecule has 2 aromatic rings. The summed E-state index contributed by atoms with van der Waals surface area (Å²) in [6.07, 6.45) is 3.31. The molecule has 1 amide bonds. The van der Waals surface area contributed by atoms with Gasteiger partial charge in [-0.15, -0.1) is 0 Å². The summed E-state index contributed by atoms with van der Waals surface area (Å²) < 4.78 is 1.52. The lowest BCUT2D eigenvalue weighted by Crippen LogP contribution is -2.27. The summed E-state index contributed by atoms with van der Waals surface area (Å²) in [5.41, 5.74) is 7.21. The Bertz CT molecular complexity index is 549. The smallest absolute Gasteiger partial charge is 0.276 e. The molecule has 2 heterocycles. The highest BCUT2D eigenvalue weighted by atomic mass is 16.2. The fourth-order valence-corrected chi connectivity index (χ4v) is 1.66. The third kappa shape index (κ3) is 2.48. The van der Waals surface area contributed by atoms with Gasteiger partial charge in [-0.3, -0.25) is 14.5 Å². The number of aromatic nitrogens is 3. The Hall–Kier alpha value is -2.37. The molecular weight excluding hydrogens is 230 g/mol. The van der Waals surface area contributed by atoms with Crippen LogP contribution < -0.4 is 5.73 Å². The van der Waals surface area contributed by atoms with Crippen LogP contribution in [-0.2, 0) is 13.6 Å². The molecule has 0 aromatic carbocycles. The van der Waals surface area contributed by atoms with Gasteiger partial charge in [0.15, 0.2) is 5.69 Å². The van der Waals surface area contributed by atoms with Crippen LogP contribution in [0.5, 0.6) is 0 Å². The summed E-state index contributed by atoms with van der Waals surface area (Å²) in [5.74, 6) is -0.209. The summed E-state index contributed by atoms with van der Waals surface area (Å²) in [5, 5.41) is 4.05. The zero-order valence-electron chi connectivity index (χ0n) is 10.4. The number of pyridine rings is 1. The number of rotatable bonds is 3. The van der Waals surface area contributed by atoms with Crippen LogP contribution in [0.2, 0.25) is 0 Å². The summed E-state index contributed by atoms with van der Waals surface area (Å²) >= 11 is 0. The van der Waals surface area contributed by atoms with Crippen LogP contribution in [0.4, 0.5) is 5.69 Å². The predicted octanol–water partition coefficient (Wildman–Crippen LogP) is 0.670. The summed E-state index contributed by atoms with van der Waals surface area (Å²) in [6.45, 7) is 0.426. The van der Waals surface area contributed by atoms with Gasteiger partial charge in [-0.05, 0) is 12.1 Å². The van der Waals surface area contributed by atoms with E-state index in [0.29, 0.717) is 12.2 Å². The average molecular weight is 245 g/mol. The highest BCUT2D eigenvalue weighted by Gasteiger charge is 2.18. The van der Waals surface area contributed by atoms with E-state index in [0.717, 1.165) is 5.69 Å². The standard InChI is InChI=1S/C12H15N5O/c1-16(7-9-5-3-4-6-14-9)12(18)11-10(13)8-17(2)15-11/h3-6,8H,7,13H2,1-2H3. The highest BCUT2D eigenvalue weighted by Crippen LogP contribution is 2.11. The van der Waals surface area contributed by atoms with E-state index in [4.69, 9.17) is 5.73 Å². The fourth-order valence-electron chi connectivity index (χ4n) is 1.66. The number of amides is 1. The van der Waals surface area contributed by atoms with Gasteiger partial charge in [0.2, 0.25) is 0 Å². The third-order valence-corrected chi connectivity index (χ3v) is 2.53. The van der Waals surface area contributed by atoms with Crippen molar-refractivity contribution in [3.63, 3.8) is 0 Å². The second kappa shape index (κ2) is 4.87. The van der Waals surface area contributed by atoms with Crippen LogP contribution in [0, 0.1) is 0 Å². The maximum atomic E-state index is 12.1. The Labute approximate surface area is 105 Å². The normalized spacial score (nSPS) is 10.3. The van der Waals surface area contributed by atoms with Crippen molar-refractivity contribution in [2.75, 3.05) is 12.8 Å². The lowest BCUT2D eigenvalue weighted by atomic mass is 10.3. The number of carbonyl (C=O) groups excluding carboxylic acids is 1. The first kappa shape index (κ1) is 12.1. The molecule has 0 radical (unpaired) electrons. The highest BCUT2D eigenvalue weighted by molar-refractivity contribution is 5.96. The lowest BCUT2D eigenvalue weighted by molar-refractivity contribution is 0.0778. The van der Waals surface area contributed by atoms with Gasteiger partial charge in [-0.2, -0.15) is 5.10 Å². The van der Waals surface area contributed by atoms with Gasteiger partial charge >= 0.3 is 0 Å². The van der Waals surface area contributed by atoms with Crippen molar-refractivity contribution in [3.05, 3.63) is 42.0 Å². The van der Waals surface area contributed by atoms with Gasteiger partial charge in [0.1, 0.15) is 0 Å². The first-order valence-electron chi connectivity index (χ1n) is 5.52. The number of aryl methyl sites for hydroxylation is 1. The number of carbonyl (C=O) groups is 1. The number of anilines is 1. The Balaban J connectivity index is 2.12. The summed E-state index contributed by atoms with van der Waals surface area (Å²) in [7, 11) is 3.43. The molecule has 2 N–H and O–H groups in total. The van der Waals surface area contributed by atoms with Gasteiger partial charge in [0.05, 0.1) is 17.9 Å².